The van der Waals surface area contributed by atoms with Gasteiger partial charge in [0.05, 0.1) is 25.6 Å². The third-order valence-electron chi connectivity index (χ3n) is 1.04. The van der Waals surface area contributed by atoms with Crippen molar-refractivity contribution in [2.24, 2.45) is 0 Å². The second-order valence-corrected chi connectivity index (χ2v) is 3.37. The molecule has 0 aliphatic rings. The first-order valence-electron chi connectivity index (χ1n) is 3.80. The van der Waals surface area contributed by atoms with E-state index < -0.39 is 17.0 Å². The van der Waals surface area contributed by atoms with Crippen LogP contribution in [-0.4, -0.2) is 42.9 Å². The van der Waals surface area contributed by atoms with Crippen LogP contribution in [0.3, 0.4) is 0 Å². The van der Waals surface area contributed by atoms with Crippen molar-refractivity contribution in [3.63, 3.8) is 0 Å². The fraction of sp³-hybridized carbons (Fsp3) is 0.857. The quantitative estimate of drug-likeness (QED) is 0.548. The number of carbonyl (C=O) groups excluding carboxylic acids is 1. The van der Waals surface area contributed by atoms with Crippen LogP contribution in [0.5, 0.6) is 0 Å². The van der Waals surface area contributed by atoms with E-state index in [1.807, 2.05) is 0 Å². The summed E-state index contributed by atoms with van der Waals surface area (Å²) in [5.74, 6) is -0.348. The molecular weight excluding hydrogens is 196 g/mol. The van der Waals surface area contributed by atoms with E-state index in [2.05, 4.69) is 4.18 Å². The van der Waals surface area contributed by atoms with Gasteiger partial charge in [-0.25, -0.2) is 4.21 Å². The molecule has 0 saturated carbocycles. The van der Waals surface area contributed by atoms with Crippen molar-refractivity contribution in [2.45, 2.75) is 6.92 Å². The van der Waals surface area contributed by atoms with Gasteiger partial charge in [-0.1, -0.05) is 0 Å². The van der Waals surface area contributed by atoms with Crippen molar-refractivity contribution < 1.29 is 22.7 Å². The molecule has 0 saturated heterocycles. The van der Waals surface area contributed by atoms with Crippen molar-refractivity contribution >= 4 is 17.0 Å². The molecule has 0 aromatic carbocycles. The van der Waals surface area contributed by atoms with Gasteiger partial charge >= 0.3 is 5.97 Å². The fourth-order valence-electron chi connectivity index (χ4n) is 0.544. The number of ether oxygens (including phenoxy) is 2. The van der Waals surface area contributed by atoms with Gasteiger partial charge < -0.3 is 13.7 Å². The summed E-state index contributed by atoms with van der Waals surface area (Å²) < 4.78 is 25.0. The van der Waals surface area contributed by atoms with E-state index in [4.69, 9.17) is 9.47 Å². The zero-order valence-electron chi connectivity index (χ0n) is 7.78. The summed E-state index contributed by atoms with van der Waals surface area (Å²) in [4.78, 5) is 10.3. The molecule has 13 heavy (non-hydrogen) atoms. The third kappa shape index (κ3) is 9.45. The lowest BCUT2D eigenvalue weighted by Crippen LogP contribution is -2.13. The standard InChI is InChI=1S/C7H14O5S/c1-7(8)12-13(9)6-5-11-4-3-10-2/h3-6H2,1-2H3/t13-/m1/s1. The molecule has 6 heteroatoms. The number of methoxy groups -OCH3 is 1. The van der Waals surface area contributed by atoms with E-state index in [1.54, 1.807) is 7.11 Å². The summed E-state index contributed by atoms with van der Waals surface area (Å²) in [5, 5.41) is 0. The van der Waals surface area contributed by atoms with Gasteiger partial charge in [0, 0.05) is 14.0 Å². The maximum Gasteiger partial charge on any atom is 0.316 e. The van der Waals surface area contributed by atoms with Crippen molar-refractivity contribution in [1.29, 1.82) is 0 Å². The minimum absolute atomic E-state index is 0.198. The molecule has 0 rings (SSSR count). The molecule has 0 N–H and O–H groups in total. The average molecular weight is 210 g/mol. The Morgan fingerprint density at radius 1 is 1.31 bits per heavy atom. The molecule has 0 unspecified atom stereocenters. The van der Waals surface area contributed by atoms with Gasteiger partial charge in [0.15, 0.2) is 0 Å². The maximum atomic E-state index is 10.8. The van der Waals surface area contributed by atoms with Crippen molar-refractivity contribution in [1.82, 2.24) is 0 Å². The van der Waals surface area contributed by atoms with E-state index in [-0.39, 0.29) is 5.75 Å². The van der Waals surface area contributed by atoms with Crippen molar-refractivity contribution in [3.8, 4) is 0 Å². The SMILES string of the molecule is COCCOCC[S@](=O)OC(C)=O. The minimum atomic E-state index is -1.57. The third-order valence-corrected chi connectivity index (χ3v) is 1.96. The molecule has 0 aliphatic heterocycles. The zero-order valence-corrected chi connectivity index (χ0v) is 8.59. The summed E-state index contributed by atoms with van der Waals surface area (Å²) in [6, 6.07) is 0. The predicted octanol–water partition coefficient (Wildman–Crippen LogP) is -0.124. The van der Waals surface area contributed by atoms with Crippen LogP contribution in [0, 0.1) is 0 Å². The number of hydrogen-bond acceptors (Lipinski definition) is 5. The van der Waals surface area contributed by atoms with Gasteiger partial charge in [-0.15, -0.1) is 0 Å². The lowest BCUT2D eigenvalue weighted by Gasteiger charge is -2.02. The Balaban J connectivity index is 3.22. The lowest BCUT2D eigenvalue weighted by molar-refractivity contribution is -0.131. The molecule has 1 atom stereocenters. The molecule has 0 radical (unpaired) electrons. The second-order valence-electron chi connectivity index (χ2n) is 2.19. The Bertz CT molecular complexity index is 170. The average Bonchev–Trinajstić information content (AvgIpc) is 2.02. The zero-order chi connectivity index (χ0) is 10.1. The minimum Gasteiger partial charge on any atom is -0.382 e. The van der Waals surface area contributed by atoms with E-state index in [1.165, 1.54) is 6.92 Å². The molecule has 78 valence electrons. The first-order valence-corrected chi connectivity index (χ1v) is 5.05. The summed E-state index contributed by atoms with van der Waals surface area (Å²) in [6.07, 6.45) is 0. The Morgan fingerprint density at radius 2 is 2.00 bits per heavy atom. The van der Waals surface area contributed by atoms with Crippen LogP contribution in [0.4, 0.5) is 0 Å². The van der Waals surface area contributed by atoms with Crippen LogP contribution in [0.15, 0.2) is 0 Å². The summed E-state index contributed by atoms with van der Waals surface area (Å²) in [5.41, 5.74) is 0. The van der Waals surface area contributed by atoms with Crippen molar-refractivity contribution in [2.75, 3.05) is 32.7 Å². The first kappa shape index (κ1) is 12.5. The largest absolute Gasteiger partial charge is 0.382 e. The molecule has 0 spiro atoms. The topological polar surface area (TPSA) is 61.8 Å². The monoisotopic (exact) mass is 210 g/mol. The Morgan fingerprint density at radius 3 is 2.54 bits per heavy atom. The molecule has 0 aliphatic carbocycles. The van der Waals surface area contributed by atoms with E-state index in [0.717, 1.165) is 0 Å². The van der Waals surface area contributed by atoms with Crippen molar-refractivity contribution in [3.05, 3.63) is 0 Å². The Labute approximate surface area is 80.0 Å². The molecule has 0 amide bonds. The summed E-state index contributed by atoms with van der Waals surface area (Å²) in [7, 11) is 1.57. The molecule has 0 aromatic heterocycles. The molecule has 0 aromatic rings. The van der Waals surface area contributed by atoms with Gasteiger partial charge in [0.25, 0.3) is 0 Å². The van der Waals surface area contributed by atoms with Crippen LogP contribution in [0.1, 0.15) is 6.92 Å². The smallest absolute Gasteiger partial charge is 0.316 e. The van der Waals surface area contributed by atoms with Crippen LogP contribution in [-0.2, 0) is 29.5 Å². The normalized spacial score (nSPS) is 12.5. The van der Waals surface area contributed by atoms with Crippen LogP contribution < -0.4 is 0 Å². The summed E-state index contributed by atoms with van der Waals surface area (Å²) >= 11 is -1.57. The van der Waals surface area contributed by atoms with Crippen LogP contribution in [0.2, 0.25) is 0 Å². The molecule has 5 nitrogen and oxygen atoms in total. The first-order chi connectivity index (χ1) is 6.16. The lowest BCUT2D eigenvalue weighted by atomic mass is 10.7. The van der Waals surface area contributed by atoms with Gasteiger partial charge in [-0.2, -0.15) is 0 Å². The predicted molar refractivity (Wildman–Crippen MR) is 47.5 cm³/mol. The maximum absolute atomic E-state index is 10.8. The second kappa shape index (κ2) is 8.15. The highest BCUT2D eigenvalue weighted by molar-refractivity contribution is 7.80. The number of carbonyl (C=O) groups is 1. The summed E-state index contributed by atoms with van der Waals surface area (Å²) in [6.45, 7) is 2.46. The highest BCUT2D eigenvalue weighted by Gasteiger charge is 2.02. The molecule has 0 fully saturated rings. The van der Waals surface area contributed by atoms with Crippen LogP contribution >= 0.6 is 0 Å². The van der Waals surface area contributed by atoms with Gasteiger partial charge in [-0.3, -0.25) is 4.79 Å². The van der Waals surface area contributed by atoms with Gasteiger partial charge in [-0.05, 0) is 0 Å². The van der Waals surface area contributed by atoms with E-state index in [0.29, 0.717) is 19.8 Å². The highest BCUT2D eigenvalue weighted by atomic mass is 32.2. The Hall–Kier alpha value is -0.460. The molecule has 0 heterocycles. The Kier molecular flexibility index (Phi) is 7.86. The van der Waals surface area contributed by atoms with E-state index in [9.17, 15) is 9.00 Å². The molecular formula is C7H14O5S. The molecule has 0 bridgehead atoms. The fourth-order valence-corrected chi connectivity index (χ4v) is 1.14. The van der Waals surface area contributed by atoms with Gasteiger partial charge in [0.2, 0.25) is 11.1 Å². The number of hydrogen-bond donors (Lipinski definition) is 0. The number of rotatable bonds is 7. The van der Waals surface area contributed by atoms with E-state index >= 15 is 0 Å². The highest BCUT2D eigenvalue weighted by Crippen LogP contribution is 1.87. The van der Waals surface area contributed by atoms with Gasteiger partial charge in [0.1, 0.15) is 0 Å². The van der Waals surface area contributed by atoms with Crippen LogP contribution in [0.25, 0.3) is 0 Å².